The predicted octanol–water partition coefficient (Wildman–Crippen LogP) is 4.15. The highest BCUT2D eigenvalue weighted by molar-refractivity contribution is 6.31. The molecule has 0 bridgehead atoms. The van der Waals surface area contributed by atoms with Crippen LogP contribution in [0.1, 0.15) is 24.4 Å². The lowest BCUT2D eigenvalue weighted by Gasteiger charge is -2.08. The molecule has 1 heterocycles. The molecule has 1 saturated carbocycles. The van der Waals surface area contributed by atoms with Gasteiger partial charge in [0.05, 0.1) is 11.0 Å². The average Bonchev–Trinajstić information content (AvgIpc) is 3.28. The minimum atomic E-state index is 0.545. The van der Waals surface area contributed by atoms with Crippen LogP contribution in [0, 0.1) is 0 Å². The molecule has 0 unspecified atom stereocenters. The first-order valence-corrected chi connectivity index (χ1v) is 7.61. The van der Waals surface area contributed by atoms with E-state index in [1.165, 1.54) is 12.8 Å². The molecule has 1 aromatic heterocycles. The number of rotatable bonds is 3. The van der Waals surface area contributed by atoms with Crippen molar-refractivity contribution in [1.29, 1.82) is 0 Å². The first-order valence-electron chi connectivity index (χ1n) is 7.23. The molecule has 0 atom stereocenters. The van der Waals surface area contributed by atoms with Gasteiger partial charge in [-0.25, -0.2) is 4.98 Å². The fourth-order valence-electron chi connectivity index (χ4n) is 2.81. The van der Waals surface area contributed by atoms with Crippen molar-refractivity contribution in [2.45, 2.75) is 25.4 Å². The van der Waals surface area contributed by atoms with Crippen LogP contribution in [-0.4, -0.2) is 9.55 Å². The second-order valence-electron chi connectivity index (χ2n) is 5.57. The molecule has 4 rings (SSSR count). The molecule has 106 valence electrons. The van der Waals surface area contributed by atoms with Crippen molar-refractivity contribution in [3.05, 3.63) is 53.1 Å². The zero-order valence-corrected chi connectivity index (χ0v) is 12.3. The molecule has 0 aliphatic heterocycles. The SMILES string of the molecule is NCc1cccc(-c2nc3ccc(Cl)cc3n2C2CC2)c1. The van der Waals surface area contributed by atoms with Crippen LogP contribution in [0.25, 0.3) is 22.4 Å². The summed E-state index contributed by atoms with van der Waals surface area (Å²) in [4.78, 5) is 4.82. The Labute approximate surface area is 128 Å². The molecule has 3 aromatic rings. The minimum absolute atomic E-state index is 0.545. The maximum absolute atomic E-state index is 6.16. The van der Waals surface area contributed by atoms with E-state index in [1.54, 1.807) is 0 Å². The van der Waals surface area contributed by atoms with Crippen LogP contribution in [0.3, 0.4) is 0 Å². The Kier molecular flexibility index (Phi) is 2.98. The lowest BCUT2D eigenvalue weighted by atomic mass is 10.1. The smallest absolute Gasteiger partial charge is 0.141 e. The van der Waals surface area contributed by atoms with Gasteiger partial charge < -0.3 is 10.3 Å². The Hall–Kier alpha value is -1.84. The number of halogens is 1. The lowest BCUT2D eigenvalue weighted by Crippen LogP contribution is -1.99. The Morgan fingerprint density at radius 2 is 2.05 bits per heavy atom. The average molecular weight is 298 g/mol. The first kappa shape index (κ1) is 12.9. The molecule has 21 heavy (non-hydrogen) atoms. The molecule has 2 N–H and O–H groups in total. The van der Waals surface area contributed by atoms with Gasteiger partial charge in [0, 0.05) is 23.2 Å². The van der Waals surface area contributed by atoms with Crippen LogP contribution >= 0.6 is 11.6 Å². The summed E-state index contributed by atoms with van der Waals surface area (Å²) in [6.07, 6.45) is 2.42. The summed E-state index contributed by atoms with van der Waals surface area (Å²) in [7, 11) is 0. The van der Waals surface area contributed by atoms with Crippen LogP contribution in [0.5, 0.6) is 0 Å². The fraction of sp³-hybridized carbons (Fsp3) is 0.235. The highest BCUT2D eigenvalue weighted by Gasteiger charge is 2.28. The van der Waals surface area contributed by atoms with E-state index >= 15 is 0 Å². The number of benzene rings is 2. The highest BCUT2D eigenvalue weighted by atomic mass is 35.5. The van der Waals surface area contributed by atoms with Crippen LogP contribution in [-0.2, 0) is 6.54 Å². The number of nitrogens with two attached hydrogens (primary N) is 1. The number of hydrogen-bond donors (Lipinski definition) is 1. The van der Waals surface area contributed by atoms with Gasteiger partial charge in [-0.2, -0.15) is 0 Å². The molecular formula is C17H16ClN3. The maximum Gasteiger partial charge on any atom is 0.141 e. The number of nitrogens with zero attached hydrogens (tertiary/aromatic N) is 2. The zero-order chi connectivity index (χ0) is 14.4. The molecule has 3 nitrogen and oxygen atoms in total. The van der Waals surface area contributed by atoms with E-state index in [0.29, 0.717) is 12.6 Å². The van der Waals surface area contributed by atoms with Gasteiger partial charge >= 0.3 is 0 Å². The summed E-state index contributed by atoms with van der Waals surface area (Å²) < 4.78 is 2.33. The second-order valence-corrected chi connectivity index (χ2v) is 6.01. The number of aromatic nitrogens is 2. The van der Waals surface area contributed by atoms with Gasteiger partial charge in [0.25, 0.3) is 0 Å². The highest BCUT2D eigenvalue weighted by Crippen LogP contribution is 2.41. The fourth-order valence-corrected chi connectivity index (χ4v) is 2.98. The van der Waals surface area contributed by atoms with E-state index in [4.69, 9.17) is 22.3 Å². The van der Waals surface area contributed by atoms with E-state index in [1.807, 2.05) is 30.3 Å². The summed E-state index contributed by atoms with van der Waals surface area (Å²) in [5.41, 5.74) is 10.1. The Morgan fingerprint density at radius 3 is 2.81 bits per heavy atom. The summed E-state index contributed by atoms with van der Waals surface area (Å²) >= 11 is 6.16. The summed E-state index contributed by atoms with van der Waals surface area (Å²) in [6.45, 7) is 0.545. The normalized spacial score (nSPS) is 14.8. The summed E-state index contributed by atoms with van der Waals surface area (Å²) in [5.74, 6) is 1.02. The van der Waals surface area contributed by atoms with Crippen molar-refractivity contribution in [1.82, 2.24) is 9.55 Å². The van der Waals surface area contributed by atoms with Crippen molar-refractivity contribution in [3.63, 3.8) is 0 Å². The third-order valence-electron chi connectivity index (χ3n) is 3.98. The zero-order valence-electron chi connectivity index (χ0n) is 11.6. The van der Waals surface area contributed by atoms with Gasteiger partial charge in [-0.3, -0.25) is 0 Å². The van der Waals surface area contributed by atoms with Gasteiger partial charge in [-0.05, 0) is 42.7 Å². The number of hydrogen-bond acceptors (Lipinski definition) is 2. The molecule has 0 saturated heterocycles. The van der Waals surface area contributed by atoms with E-state index in [-0.39, 0.29) is 0 Å². The van der Waals surface area contributed by atoms with E-state index in [2.05, 4.69) is 16.7 Å². The third-order valence-corrected chi connectivity index (χ3v) is 4.22. The monoisotopic (exact) mass is 297 g/mol. The molecular weight excluding hydrogens is 282 g/mol. The summed E-state index contributed by atoms with van der Waals surface area (Å²) in [5, 5.41) is 0.756. The molecule has 0 spiro atoms. The Balaban J connectivity index is 1.97. The van der Waals surface area contributed by atoms with Crippen LogP contribution in [0.15, 0.2) is 42.5 Å². The Morgan fingerprint density at radius 1 is 1.19 bits per heavy atom. The minimum Gasteiger partial charge on any atom is -0.326 e. The van der Waals surface area contributed by atoms with Crippen LogP contribution in [0.4, 0.5) is 0 Å². The van der Waals surface area contributed by atoms with Crippen LogP contribution < -0.4 is 5.73 Å². The van der Waals surface area contributed by atoms with E-state index in [0.717, 1.165) is 33.0 Å². The molecule has 0 radical (unpaired) electrons. The number of imidazole rings is 1. The number of fused-ring (bicyclic) bond motifs is 1. The quantitative estimate of drug-likeness (QED) is 0.789. The molecule has 0 amide bonds. The second kappa shape index (κ2) is 4.86. The standard InChI is InChI=1S/C17H16ClN3/c18-13-4-7-15-16(9-13)21(14-5-6-14)17(20-15)12-3-1-2-11(8-12)10-19/h1-4,7-9,14H,5-6,10,19H2. The van der Waals surface area contributed by atoms with Crippen molar-refractivity contribution in [3.8, 4) is 11.4 Å². The van der Waals surface area contributed by atoms with Gasteiger partial charge in [-0.15, -0.1) is 0 Å². The molecule has 2 aromatic carbocycles. The van der Waals surface area contributed by atoms with Crippen LogP contribution in [0.2, 0.25) is 5.02 Å². The van der Waals surface area contributed by atoms with Gasteiger partial charge in [-0.1, -0.05) is 29.8 Å². The lowest BCUT2D eigenvalue weighted by molar-refractivity contribution is 0.775. The van der Waals surface area contributed by atoms with Crippen molar-refractivity contribution < 1.29 is 0 Å². The van der Waals surface area contributed by atoms with Crippen molar-refractivity contribution in [2.75, 3.05) is 0 Å². The Bertz CT molecular complexity index is 818. The third kappa shape index (κ3) is 2.23. The van der Waals surface area contributed by atoms with Crippen molar-refractivity contribution >= 4 is 22.6 Å². The van der Waals surface area contributed by atoms with E-state index < -0.39 is 0 Å². The molecule has 1 aliphatic rings. The summed E-state index contributed by atoms with van der Waals surface area (Å²) in [6, 6.07) is 14.8. The molecule has 1 aliphatic carbocycles. The topological polar surface area (TPSA) is 43.8 Å². The molecule has 1 fully saturated rings. The maximum atomic E-state index is 6.16. The van der Waals surface area contributed by atoms with Gasteiger partial charge in [0.1, 0.15) is 5.82 Å². The largest absolute Gasteiger partial charge is 0.326 e. The predicted molar refractivity (Wildman–Crippen MR) is 86.3 cm³/mol. The first-order chi connectivity index (χ1) is 10.3. The van der Waals surface area contributed by atoms with E-state index in [9.17, 15) is 0 Å². The van der Waals surface area contributed by atoms with Crippen molar-refractivity contribution in [2.24, 2.45) is 5.73 Å². The molecule has 4 heteroatoms. The van der Waals surface area contributed by atoms with Gasteiger partial charge in [0.2, 0.25) is 0 Å². The van der Waals surface area contributed by atoms with Gasteiger partial charge in [0.15, 0.2) is 0 Å².